The molecule has 5 nitrogen and oxygen atoms in total. The Kier molecular flexibility index (Phi) is 7.02. The lowest BCUT2D eigenvalue weighted by Gasteiger charge is -2.10. The van der Waals surface area contributed by atoms with Gasteiger partial charge in [0.2, 0.25) is 11.8 Å². The van der Waals surface area contributed by atoms with Gasteiger partial charge in [-0.1, -0.05) is 19.1 Å². The average molecular weight is 370 g/mol. The van der Waals surface area contributed by atoms with Crippen molar-refractivity contribution in [3.8, 4) is 11.6 Å². The van der Waals surface area contributed by atoms with Crippen LogP contribution in [0, 0.1) is 0 Å². The lowest BCUT2D eigenvalue weighted by Crippen LogP contribution is -2.37. The Morgan fingerprint density at radius 3 is 2.62 bits per heavy atom. The van der Waals surface area contributed by atoms with Crippen molar-refractivity contribution in [3.05, 3.63) is 48.2 Å². The molecule has 3 N–H and O–H groups in total. The Labute approximate surface area is 153 Å². The molecule has 0 spiro atoms. The first-order chi connectivity index (χ1) is 10.6. The molecule has 1 heterocycles. The van der Waals surface area contributed by atoms with Gasteiger partial charge in [-0.3, -0.25) is 4.79 Å². The highest BCUT2D eigenvalue weighted by Gasteiger charge is 2.45. The fourth-order valence-electron chi connectivity index (χ4n) is 2.08. The molecule has 130 valence electrons. The largest absolute Gasteiger partial charge is 0.439 e. The number of halogens is 2. The van der Waals surface area contributed by atoms with E-state index >= 15 is 0 Å². The van der Waals surface area contributed by atoms with Gasteiger partial charge >= 0.3 is 0 Å². The maximum Gasteiger partial charge on any atom is 0.244 e. The molecule has 1 saturated carbocycles. The van der Waals surface area contributed by atoms with Gasteiger partial charge in [-0.05, 0) is 43.0 Å². The average Bonchev–Trinajstić information content (AvgIpc) is 3.29. The van der Waals surface area contributed by atoms with Crippen molar-refractivity contribution in [2.45, 2.75) is 31.7 Å². The molecule has 0 atom stereocenters. The zero-order chi connectivity index (χ0) is 15.6. The van der Waals surface area contributed by atoms with E-state index in [-0.39, 0.29) is 30.7 Å². The van der Waals surface area contributed by atoms with E-state index in [1.54, 1.807) is 18.3 Å². The van der Waals surface area contributed by atoms with Gasteiger partial charge in [-0.2, -0.15) is 0 Å². The second-order valence-electron chi connectivity index (χ2n) is 5.60. The van der Waals surface area contributed by atoms with Crippen LogP contribution in [0.2, 0.25) is 0 Å². The third-order valence-electron chi connectivity index (χ3n) is 3.76. The van der Waals surface area contributed by atoms with Crippen LogP contribution >= 0.6 is 24.8 Å². The molecule has 7 heteroatoms. The minimum absolute atomic E-state index is 0. The van der Waals surface area contributed by atoms with E-state index in [0.717, 1.165) is 25.0 Å². The molecule has 0 radical (unpaired) electrons. The number of nitrogens with two attached hydrogens (primary N) is 1. The van der Waals surface area contributed by atoms with Crippen molar-refractivity contribution in [3.63, 3.8) is 0 Å². The molecule has 3 rings (SSSR count). The number of nitrogens with zero attached hydrogens (tertiary/aromatic N) is 1. The maximum atomic E-state index is 11.8. The summed E-state index contributed by atoms with van der Waals surface area (Å²) in [5.74, 6) is 1.08. The van der Waals surface area contributed by atoms with Crippen molar-refractivity contribution >= 4 is 36.4 Å². The summed E-state index contributed by atoms with van der Waals surface area (Å²) >= 11 is 0. The number of carbonyl (C=O) groups is 1. The lowest BCUT2D eigenvalue weighted by atomic mass is 10.2. The molecule has 0 aliphatic heterocycles. The number of carbonyl (C=O) groups excluding carboxylic acids is 1. The number of nitrogens with one attached hydrogen (secondary N) is 1. The fraction of sp³-hybridized carbons (Fsp3) is 0.294. The summed E-state index contributed by atoms with van der Waals surface area (Å²) in [5.41, 5.74) is 6.98. The van der Waals surface area contributed by atoms with Gasteiger partial charge in [-0.25, -0.2) is 4.98 Å². The van der Waals surface area contributed by atoms with Crippen LogP contribution in [0.15, 0.2) is 42.6 Å². The molecule has 1 aromatic heterocycles. The molecule has 1 aliphatic carbocycles. The molecule has 1 amide bonds. The van der Waals surface area contributed by atoms with Gasteiger partial charge in [0.05, 0.1) is 17.4 Å². The lowest BCUT2D eigenvalue weighted by molar-refractivity contribution is -0.118. The van der Waals surface area contributed by atoms with Crippen LogP contribution in [0.5, 0.6) is 11.6 Å². The van der Waals surface area contributed by atoms with Crippen LogP contribution < -0.4 is 15.8 Å². The third-order valence-corrected chi connectivity index (χ3v) is 3.76. The predicted octanol–water partition coefficient (Wildman–Crippen LogP) is 3.71. The molecule has 1 aromatic carbocycles. The Morgan fingerprint density at radius 2 is 2.04 bits per heavy atom. The number of hydrogen-bond acceptors (Lipinski definition) is 4. The molecule has 2 aromatic rings. The van der Waals surface area contributed by atoms with Gasteiger partial charge in [-0.15, -0.1) is 24.8 Å². The van der Waals surface area contributed by atoms with Gasteiger partial charge in [0.15, 0.2) is 0 Å². The summed E-state index contributed by atoms with van der Waals surface area (Å²) < 4.78 is 5.71. The van der Waals surface area contributed by atoms with Crippen LogP contribution in [0.4, 0.5) is 5.69 Å². The Balaban J connectivity index is 0.00000144. The second kappa shape index (κ2) is 8.33. The number of hydrogen-bond donors (Lipinski definition) is 2. The number of aromatic nitrogens is 1. The van der Waals surface area contributed by atoms with Gasteiger partial charge in [0, 0.05) is 6.07 Å². The van der Waals surface area contributed by atoms with Crippen LogP contribution in [-0.4, -0.2) is 16.4 Å². The number of anilines is 1. The summed E-state index contributed by atoms with van der Waals surface area (Å²) in [6.45, 7) is 2.10. The standard InChI is InChI=1S/C17H19N3O2.2ClH/c1-2-12-4-3-5-14(10-12)22-15-7-6-13(11-19-15)20-16(21)17(18)8-9-17;;/h3-7,10-11H,2,8-9,18H2,1H3,(H,20,21);2*1H. The highest BCUT2D eigenvalue weighted by molar-refractivity contribution is 5.99. The van der Waals surface area contributed by atoms with Crippen LogP contribution in [0.3, 0.4) is 0 Å². The summed E-state index contributed by atoms with van der Waals surface area (Å²) in [7, 11) is 0. The molecule has 24 heavy (non-hydrogen) atoms. The van der Waals surface area contributed by atoms with Crippen molar-refractivity contribution < 1.29 is 9.53 Å². The van der Waals surface area contributed by atoms with Crippen molar-refractivity contribution in [2.75, 3.05) is 5.32 Å². The Bertz CT molecular complexity index is 688. The van der Waals surface area contributed by atoms with Crippen molar-refractivity contribution in [1.82, 2.24) is 4.98 Å². The summed E-state index contributed by atoms with van der Waals surface area (Å²) in [6, 6.07) is 11.4. The molecular weight excluding hydrogens is 349 g/mol. The Hall–Kier alpha value is -1.82. The third kappa shape index (κ3) is 4.84. The van der Waals surface area contributed by atoms with E-state index in [0.29, 0.717) is 11.6 Å². The molecule has 0 bridgehead atoms. The molecule has 1 fully saturated rings. The fourth-order valence-corrected chi connectivity index (χ4v) is 2.08. The number of ether oxygens (including phenoxy) is 1. The smallest absolute Gasteiger partial charge is 0.244 e. The monoisotopic (exact) mass is 369 g/mol. The first kappa shape index (κ1) is 20.2. The van der Waals surface area contributed by atoms with Crippen LogP contribution in [-0.2, 0) is 11.2 Å². The number of aryl methyl sites for hydroxylation is 1. The predicted molar refractivity (Wildman–Crippen MR) is 99.4 cm³/mol. The van der Waals surface area contributed by atoms with E-state index in [1.165, 1.54) is 5.56 Å². The summed E-state index contributed by atoms with van der Waals surface area (Å²) in [6.07, 6.45) is 4.00. The number of amides is 1. The van der Waals surface area contributed by atoms with E-state index in [9.17, 15) is 4.79 Å². The molecule has 0 saturated heterocycles. The molecule has 0 unspecified atom stereocenters. The van der Waals surface area contributed by atoms with Gasteiger partial charge < -0.3 is 15.8 Å². The second-order valence-corrected chi connectivity index (χ2v) is 5.60. The van der Waals surface area contributed by atoms with Crippen molar-refractivity contribution in [2.24, 2.45) is 5.73 Å². The highest BCUT2D eigenvalue weighted by atomic mass is 35.5. The van der Waals surface area contributed by atoms with E-state index in [4.69, 9.17) is 10.5 Å². The van der Waals surface area contributed by atoms with Crippen LogP contribution in [0.25, 0.3) is 0 Å². The SMILES string of the molecule is CCc1cccc(Oc2ccc(NC(=O)C3(N)CC3)cn2)c1.Cl.Cl. The van der Waals surface area contributed by atoms with Crippen molar-refractivity contribution in [1.29, 1.82) is 0 Å². The highest BCUT2D eigenvalue weighted by Crippen LogP contribution is 2.33. The quantitative estimate of drug-likeness (QED) is 0.841. The maximum absolute atomic E-state index is 11.8. The first-order valence-corrected chi connectivity index (χ1v) is 7.42. The normalized spacial score (nSPS) is 13.9. The molecule has 1 aliphatic rings. The topological polar surface area (TPSA) is 77.2 Å². The van der Waals surface area contributed by atoms with Gasteiger partial charge in [0.25, 0.3) is 0 Å². The van der Waals surface area contributed by atoms with E-state index < -0.39 is 5.54 Å². The number of pyridine rings is 1. The Morgan fingerprint density at radius 1 is 1.29 bits per heavy atom. The summed E-state index contributed by atoms with van der Waals surface area (Å²) in [4.78, 5) is 16.1. The van der Waals surface area contributed by atoms with E-state index in [1.807, 2.05) is 18.2 Å². The first-order valence-electron chi connectivity index (χ1n) is 7.42. The summed E-state index contributed by atoms with van der Waals surface area (Å²) in [5, 5.41) is 2.77. The zero-order valence-electron chi connectivity index (χ0n) is 13.3. The molecular formula is C17H21Cl2N3O2. The number of rotatable bonds is 5. The minimum atomic E-state index is -0.685. The zero-order valence-corrected chi connectivity index (χ0v) is 15.0. The number of benzene rings is 1. The van der Waals surface area contributed by atoms with E-state index in [2.05, 4.69) is 23.3 Å². The van der Waals surface area contributed by atoms with Gasteiger partial charge in [0.1, 0.15) is 5.75 Å². The van der Waals surface area contributed by atoms with Crippen LogP contribution in [0.1, 0.15) is 25.3 Å². The minimum Gasteiger partial charge on any atom is -0.439 e.